The molecule has 1 amide bonds. The van der Waals surface area contributed by atoms with E-state index >= 15 is 0 Å². The Labute approximate surface area is 124 Å². The molecule has 20 heavy (non-hydrogen) atoms. The van der Waals surface area contributed by atoms with Gasteiger partial charge in [-0.2, -0.15) is 0 Å². The van der Waals surface area contributed by atoms with Crippen LogP contribution in [-0.2, 0) is 0 Å². The minimum atomic E-state index is -0.274. The molecule has 110 valence electrons. The normalized spacial score (nSPS) is 17.4. The Kier molecular flexibility index (Phi) is 4.91. The molecule has 1 saturated heterocycles. The lowest BCUT2D eigenvalue weighted by Gasteiger charge is -2.32. The van der Waals surface area contributed by atoms with E-state index < -0.39 is 0 Å². The topological polar surface area (TPSA) is 61.4 Å². The average Bonchev–Trinajstić information content (AvgIpc) is 2.41. The standard InChI is InChI=1S/C13H20ClN5O/c1-9(2)12-15-8-10(14)11(16-12)13(20)17-19-6-4-18(3)5-7-19/h8-9H,4-7H2,1-3H3,(H,17,20). The molecule has 0 aromatic carbocycles. The van der Waals surface area contributed by atoms with Crippen LogP contribution in [0.5, 0.6) is 0 Å². The van der Waals surface area contributed by atoms with E-state index in [-0.39, 0.29) is 22.5 Å². The quantitative estimate of drug-likeness (QED) is 0.907. The summed E-state index contributed by atoms with van der Waals surface area (Å²) in [5.41, 5.74) is 3.10. The average molecular weight is 298 g/mol. The molecule has 0 saturated carbocycles. The van der Waals surface area contributed by atoms with E-state index in [1.54, 1.807) is 0 Å². The van der Waals surface area contributed by atoms with Gasteiger partial charge in [-0.15, -0.1) is 0 Å². The first-order valence-corrected chi connectivity index (χ1v) is 7.12. The molecule has 0 aliphatic carbocycles. The predicted molar refractivity (Wildman–Crippen MR) is 77.7 cm³/mol. The monoisotopic (exact) mass is 297 g/mol. The first-order valence-electron chi connectivity index (χ1n) is 6.74. The Balaban J connectivity index is 2.07. The largest absolute Gasteiger partial charge is 0.304 e. The van der Waals surface area contributed by atoms with E-state index in [0.29, 0.717) is 5.82 Å². The lowest BCUT2D eigenvalue weighted by Crippen LogP contribution is -2.52. The molecule has 1 aliphatic rings. The molecule has 1 aliphatic heterocycles. The summed E-state index contributed by atoms with van der Waals surface area (Å²) in [5, 5.41) is 2.18. The van der Waals surface area contributed by atoms with Crippen molar-refractivity contribution in [2.45, 2.75) is 19.8 Å². The third kappa shape index (κ3) is 3.65. The van der Waals surface area contributed by atoms with E-state index in [0.717, 1.165) is 26.2 Å². The molecule has 0 spiro atoms. The maximum atomic E-state index is 12.2. The summed E-state index contributed by atoms with van der Waals surface area (Å²) in [6.07, 6.45) is 1.49. The van der Waals surface area contributed by atoms with Crippen LogP contribution in [0.25, 0.3) is 0 Å². The first-order chi connectivity index (χ1) is 9.47. The number of hydrogen-bond acceptors (Lipinski definition) is 5. The molecule has 0 unspecified atom stereocenters. The molecule has 0 bridgehead atoms. The van der Waals surface area contributed by atoms with Gasteiger partial charge in [-0.1, -0.05) is 25.4 Å². The maximum Gasteiger partial charge on any atom is 0.285 e. The minimum absolute atomic E-state index is 0.155. The van der Waals surface area contributed by atoms with Gasteiger partial charge in [0.2, 0.25) is 0 Å². The number of hydrazine groups is 1. The Bertz CT molecular complexity index is 486. The van der Waals surface area contributed by atoms with Gasteiger partial charge >= 0.3 is 0 Å². The predicted octanol–water partition coefficient (Wildman–Crippen LogP) is 1.15. The van der Waals surface area contributed by atoms with Crippen LogP contribution >= 0.6 is 11.6 Å². The number of nitrogens with zero attached hydrogens (tertiary/aromatic N) is 4. The molecule has 2 heterocycles. The van der Waals surface area contributed by atoms with Gasteiger partial charge in [-0.3, -0.25) is 10.2 Å². The molecule has 0 atom stereocenters. The molecular formula is C13H20ClN5O. The third-order valence-corrected chi connectivity index (χ3v) is 3.53. The fraction of sp³-hybridized carbons (Fsp3) is 0.615. The number of carbonyl (C=O) groups excluding carboxylic acids is 1. The number of aromatic nitrogens is 2. The highest BCUT2D eigenvalue weighted by molar-refractivity contribution is 6.33. The van der Waals surface area contributed by atoms with Gasteiger partial charge < -0.3 is 4.90 Å². The molecule has 0 radical (unpaired) electrons. The molecule has 7 heteroatoms. The van der Waals surface area contributed by atoms with Crippen LogP contribution in [0, 0.1) is 0 Å². The molecule has 1 aromatic rings. The SMILES string of the molecule is CC(C)c1ncc(Cl)c(C(=O)NN2CCN(C)CC2)n1. The van der Waals surface area contributed by atoms with Crippen LogP contribution in [0.4, 0.5) is 0 Å². The molecular weight excluding hydrogens is 278 g/mol. The van der Waals surface area contributed by atoms with Crippen LogP contribution in [0.15, 0.2) is 6.20 Å². The summed E-state index contributed by atoms with van der Waals surface area (Å²) in [7, 11) is 2.06. The van der Waals surface area contributed by atoms with E-state index in [2.05, 4.69) is 27.3 Å². The maximum absolute atomic E-state index is 12.2. The highest BCUT2D eigenvalue weighted by atomic mass is 35.5. The van der Waals surface area contributed by atoms with Gasteiger partial charge in [-0.25, -0.2) is 15.0 Å². The highest BCUT2D eigenvalue weighted by Gasteiger charge is 2.20. The molecule has 2 rings (SSSR count). The smallest absolute Gasteiger partial charge is 0.285 e. The van der Waals surface area contributed by atoms with Gasteiger partial charge in [-0.05, 0) is 7.05 Å². The molecule has 6 nitrogen and oxygen atoms in total. The summed E-state index contributed by atoms with van der Waals surface area (Å²) in [6, 6.07) is 0. The molecule has 1 fully saturated rings. The van der Waals surface area contributed by atoms with Gasteiger partial charge in [0.1, 0.15) is 5.82 Å². The summed E-state index contributed by atoms with van der Waals surface area (Å²) in [6.45, 7) is 7.39. The van der Waals surface area contributed by atoms with Gasteiger partial charge in [0, 0.05) is 32.1 Å². The van der Waals surface area contributed by atoms with Crippen molar-refractivity contribution < 1.29 is 4.79 Å². The van der Waals surface area contributed by atoms with Crippen LogP contribution < -0.4 is 5.43 Å². The van der Waals surface area contributed by atoms with E-state index in [1.807, 2.05) is 18.9 Å². The van der Waals surface area contributed by atoms with Crippen molar-refractivity contribution in [1.29, 1.82) is 0 Å². The number of amides is 1. The number of carbonyl (C=O) groups is 1. The third-order valence-electron chi connectivity index (χ3n) is 3.26. The van der Waals surface area contributed by atoms with Crippen molar-refractivity contribution in [3.63, 3.8) is 0 Å². The second kappa shape index (κ2) is 6.47. The van der Waals surface area contributed by atoms with Crippen molar-refractivity contribution in [3.8, 4) is 0 Å². The van der Waals surface area contributed by atoms with E-state index in [9.17, 15) is 4.79 Å². The summed E-state index contributed by atoms with van der Waals surface area (Å²) in [4.78, 5) is 22.9. The van der Waals surface area contributed by atoms with Crippen LogP contribution in [-0.4, -0.2) is 59.0 Å². The lowest BCUT2D eigenvalue weighted by molar-refractivity contribution is 0.0657. The Morgan fingerprint density at radius 2 is 2.00 bits per heavy atom. The fourth-order valence-corrected chi connectivity index (χ4v) is 2.11. The van der Waals surface area contributed by atoms with Gasteiger partial charge in [0.05, 0.1) is 11.2 Å². The van der Waals surface area contributed by atoms with Crippen molar-refractivity contribution in [3.05, 3.63) is 22.7 Å². The van der Waals surface area contributed by atoms with Crippen LogP contribution in [0.1, 0.15) is 36.1 Å². The zero-order chi connectivity index (χ0) is 14.7. The lowest BCUT2D eigenvalue weighted by atomic mass is 10.2. The number of halogens is 1. The Hall–Kier alpha value is -1.24. The number of rotatable bonds is 3. The summed E-state index contributed by atoms with van der Waals surface area (Å²) in [5.74, 6) is 0.504. The van der Waals surface area contributed by atoms with Crippen molar-refractivity contribution in [2.24, 2.45) is 0 Å². The van der Waals surface area contributed by atoms with Crippen LogP contribution in [0.2, 0.25) is 5.02 Å². The summed E-state index contributed by atoms with van der Waals surface area (Å²) >= 11 is 6.02. The number of hydrogen-bond donors (Lipinski definition) is 1. The minimum Gasteiger partial charge on any atom is -0.304 e. The molecule has 1 N–H and O–H groups in total. The van der Waals surface area contributed by atoms with Crippen LogP contribution in [0.3, 0.4) is 0 Å². The van der Waals surface area contributed by atoms with Gasteiger partial charge in [0.15, 0.2) is 5.69 Å². The number of piperazine rings is 1. The van der Waals surface area contributed by atoms with Crippen molar-refractivity contribution in [1.82, 2.24) is 25.3 Å². The Morgan fingerprint density at radius 3 is 2.60 bits per heavy atom. The number of nitrogens with one attached hydrogen (secondary N) is 1. The molecule has 1 aromatic heterocycles. The van der Waals surface area contributed by atoms with Crippen molar-refractivity contribution >= 4 is 17.5 Å². The van der Waals surface area contributed by atoms with Crippen molar-refractivity contribution in [2.75, 3.05) is 33.2 Å². The first kappa shape index (κ1) is 15.2. The van der Waals surface area contributed by atoms with E-state index in [1.165, 1.54) is 6.20 Å². The highest BCUT2D eigenvalue weighted by Crippen LogP contribution is 2.16. The Morgan fingerprint density at radius 1 is 1.35 bits per heavy atom. The summed E-state index contributed by atoms with van der Waals surface area (Å²) < 4.78 is 0. The zero-order valence-corrected chi connectivity index (χ0v) is 12.8. The van der Waals surface area contributed by atoms with E-state index in [4.69, 9.17) is 11.6 Å². The zero-order valence-electron chi connectivity index (χ0n) is 12.1. The second-order valence-corrected chi connectivity index (χ2v) is 5.72. The fourth-order valence-electron chi connectivity index (χ4n) is 1.93. The van der Waals surface area contributed by atoms with Gasteiger partial charge in [0.25, 0.3) is 5.91 Å². The number of likely N-dealkylation sites (N-methyl/N-ethyl adjacent to an activating group) is 1. The second-order valence-electron chi connectivity index (χ2n) is 5.31.